The molecule has 1 fully saturated rings. The molecule has 2 aromatic carbocycles. The highest BCUT2D eigenvalue weighted by Crippen LogP contribution is 2.28. The van der Waals surface area contributed by atoms with Gasteiger partial charge in [-0.1, -0.05) is 12.1 Å². The van der Waals surface area contributed by atoms with Crippen LogP contribution in [-0.2, 0) is 14.6 Å². The first kappa shape index (κ1) is 23.8. The second-order valence-electron chi connectivity index (χ2n) is 7.53. The lowest BCUT2D eigenvalue weighted by Gasteiger charge is -2.28. The zero-order valence-corrected chi connectivity index (χ0v) is 18.9. The Balaban J connectivity index is 1.68. The van der Waals surface area contributed by atoms with Crippen molar-refractivity contribution in [1.82, 2.24) is 9.97 Å². The van der Waals surface area contributed by atoms with E-state index in [0.717, 1.165) is 6.26 Å². The van der Waals surface area contributed by atoms with Crippen molar-refractivity contribution in [2.24, 2.45) is 0 Å². The molecule has 1 aliphatic rings. The minimum atomic E-state index is -4.78. The Morgan fingerprint density at radius 1 is 1.03 bits per heavy atom. The molecule has 4 rings (SSSR count). The van der Waals surface area contributed by atoms with Gasteiger partial charge < -0.3 is 19.7 Å². The summed E-state index contributed by atoms with van der Waals surface area (Å²) in [5.74, 6) is 0.463. The van der Waals surface area contributed by atoms with Crippen LogP contribution in [0.2, 0.25) is 0 Å². The summed E-state index contributed by atoms with van der Waals surface area (Å²) < 4.78 is 70.5. The number of benzene rings is 2. The predicted octanol–water partition coefficient (Wildman–Crippen LogP) is 4.03. The summed E-state index contributed by atoms with van der Waals surface area (Å²) in [5, 5.41) is 2.99. The van der Waals surface area contributed by atoms with Crippen LogP contribution < -0.4 is 15.0 Å². The molecule has 3 aromatic rings. The number of anilines is 3. The van der Waals surface area contributed by atoms with Crippen LogP contribution in [0.15, 0.2) is 59.5 Å². The lowest BCUT2D eigenvalue weighted by Crippen LogP contribution is -2.36. The summed E-state index contributed by atoms with van der Waals surface area (Å²) in [5.41, 5.74) is 1.52. The molecule has 0 saturated carbocycles. The highest BCUT2D eigenvalue weighted by Gasteiger charge is 2.31. The van der Waals surface area contributed by atoms with Crippen LogP contribution in [0.4, 0.5) is 30.6 Å². The minimum absolute atomic E-state index is 0.159. The number of halogens is 3. The fourth-order valence-electron chi connectivity index (χ4n) is 3.35. The van der Waals surface area contributed by atoms with Gasteiger partial charge in [0, 0.05) is 36.7 Å². The lowest BCUT2D eigenvalue weighted by atomic mass is 10.1. The summed E-state index contributed by atoms with van der Waals surface area (Å²) in [6.07, 6.45) is -3.65. The molecule has 0 spiro atoms. The summed E-state index contributed by atoms with van der Waals surface area (Å²) >= 11 is 0. The van der Waals surface area contributed by atoms with Gasteiger partial charge in [0.05, 0.1) is 23.8 Å². The summed E-state index contributed by atoms with van der Waals surface area (Å²) in [6.45, 7) is 2.30. The van der Waals surface area contributed by atoms with E-state index < -0.39 is 16.2 Å². The van der Waals surface area contributed by atoms with Gasteiger partial charge in [-0.15, -0.1) is 13.2 Å². The van der Waals surface area contributed by atoms with Gasteiger partial charge in [0.1, 0.15) is 11.6 Å². The first-order valence-corrected chi connectivity index (χ1v) is 12.1. The van der Waals surface area contributed by atoms with Gasteiger partial charge in [0.2, 0.25) is 5.95 Å². The van der Waals surface area contributed by atoms with E-state index in [2.05, 4.69) is 20.0 Å². The van der Waals surface area contributed by atoms with Gasteiger partial charge in [-0.2, -0.15) is 4.98 Å². The number of hydrogen-bond acceptors (Lipinski definition) is 8. The van der Waals surface area contributed by atoms with Gasteiger partial charge in [-0.3, -0.25) is 0 Å². The van der Waals surface area contributed by atoms with E-state index in [-0.39, 0.29) is 16.6 Å². The van der Waals surface area contributed by atoms with Gasteiger partial charge in [0.25, 0.3) is 0 Å². The van der Waals surface area contributed by atoms with Crippen LogP contribution >= 0.6 is 0 Å². The van der Waals surface area contributed by atoms with E-state index in [4.69, 9.17) is 4.74 Å². The van der Waals surface area contributed by atoms with Crippen LogP contribution in [0, 0.1) is 0 Å². The number of rotatable bonds is 6. The maximum absolute atomic E-state index is 12.4. The number of morpholine rings is 1. The highest BCUT2D eigenvalue weighted by atomic mass is 32.2. The molecule has 1 aliphatic heterocycles. The minimum Gasteiger partial charge on any atom is -0.406 e. The molecule has 0 aliphatic carbocycles. The number of nitrogens with zero attached hydrogens (tertiary/aromatic N) is 3. The first-order valence-electron chi connectivity index (χ1n) is 10.2. The van der Waals surface area contributed by atoms with E-state index >= 15 is 0 Å². The fourth-order valence-corrected chi connectivity index (χ4v) is 4.01. The molecule has 1 aromatic heterocycles. The number of hydrogen-bond donors (Lipinski definition) is 1. The number of sulfone groups is 1. The first-order chi connectivity index (χ1) is 16.1. The molecule has 0 bridgehead atoms. The molecule has 0 unspecified atom stereocenters. The third kappa shape index (κ3) is 6.14. The average Bonchev–Trinajstić information content (AvgIpc) is 2.79. The van der Waals surface area contributed by atoms with Gasteiger partial charge in [-0.25, -0.2) is 13.4 Å². The van der Waals surface area contributed by atoms with E-state index in [0.29, 0.717) is 49.1 Å². The Bertz CT molecular complexity index is 1260. The molecule has 2 heterocycles. The van der Waals surface area contributed by atoms with Crippen molar-refractivity contribution in [3.8, 4) is 17.0 Å². The maximum Gasteiger partial charge on any atom is 0.573 e. The van der Waals surface area contributed by atoms with Crippen LogP contribution in [0.3, 0.4) is 0 Å². The number of aromatic nitrogens is 2. The third-order valence-electron chi connectivity index (χ3n) is 4.95. The second-order valence-corrected chi connectivity index (χ2v) is 9.55. The summed E-state index contributed by atoms with van der Waals surface area (Å²) in [6, 6.07) is 13.4. The van der Waals surface area contributed by atoms with Crippen molar-refractivity contribution < 1.29 is 31.1 Å². The fraction of sp³-hybridized carbons (Fsp3) is 0.273. The number of ether oxygens (including phenoxy) is 2. The molecular weight excluding hydrogens is 473 g/mol. The van der Waals surface area contributed by atoms with E-state index in [1.165, 1.54) is 36.4 Å². The van der Waals surface area contributed by atoms with Gasteiger partial charge >= 0.3 is 6.36 Å². The van der Waals surface area contributed by atoms with E-state index in [1.807, 2.05) is 4.90 Å². The second kappa shape index (κ2) is 9.47. The molecule has 0 amide bonds. The standard InChI is InChI=1S/C22H21F3N4O4S/c1-34(30,31)18-4-2-3-15(13-18)19-14-20(29-9-11-32-12-10-29)28-21(27-19)26-16-5-7-17(8-6-16)33-22(23,24)25/h2-8,13-14H,9-12H2,1H3,(H,26,27,28). The normalized spacial score (nSPS) is 14.6. The Hall–Kier alpha value is -3.38. The van der Waals surface area contributed by atoms with Crippen LogP contribution in [0.5, 0.6) is 5.75 Å². The number of nitrogens with one attached hydrogen (secondary N) is 1. The Morgan fingerprint density at radius 3 is 2.38 bits per heavy atom. The lowest BCUT2D eigenvalue weighted by molar-refractivity contribution is -0.274. The third-order valence-corrected chi connectivity index (χ3v) is 6.06. The molecule has 8 nitrogen and oxygen atoms in total. The van der Waals surface area contributed by atoms with Crippen LogP contribution in [0.1, 0.15) is 0 Å². The highest BCUT2D eigenvalue weighted by molar-refractivity contribution is 7.90. The van der Waals surface area contributed by atoms with Crippen molar-refractivity contribution in [1.29, 1.82) is 0 Å². The molecule has 180 valence electrons. The molecule has 34 heavy (non-hydrogen) atoms. The van der Waals surface area contributed by atoms with Crippen LogP contribution in [-0.4, -0.2) is 57.3 Å². The average molecular weight is 494 g/mol. The molecule has 0 atom stereocenters. The SMILES string of the molecule is CS(=O)(=O)c1cccc(-c2cc(N3CCOCC3)nc(Nc3ccc(OC(F)(F)F)cc3)n2)c1. The Kier molecular flexibility index (Phi) is 6.62. The Labute approximate surface area is 194 Å². The maximum atomic E-state index is 12.4. The largest absolute Gasteiger partial charge is 0.573 e. The zero-order valence-electron chi connectivity index (χ0n) is 18.0. The zero-order chi connectivity index (χ0) is 24.3. The number of alkyl halides is 3. The van der Waals surface area contributed by atoms with Gasteiger partial charge in [0.15, 0.2) is 9.84 Å². The van der Waals surface area contributed by atoms with Crippen molar-refractivity contribution in [2.45, 2.75) is 11.3 Å². The molecule has 1 N–H and O–H groups in total. The van der Waals surface area contributed by atoms with Crippen LogP contribution in [0.25, 0.3) is 11.3 Å². The quantitative estimate of drug-likeness (QED) is 0.549. The monoisotopic (exact) mass is 494 g/mol. The van der Waals surface area contributed by atoms with Crippen molar-refractivity contribution in [2.75, 3.05) is 42.8 Å². The predicted molar refractivity (Wildman–Crippen MR) is 120 cm³/mol. The Morgan fingerprint density at radius 2 is 1.74 bits per heavy atom. The van der Waals surface area contributed by atoms with E-state index in [9.17, 15) is 21.6 Å². The topological polar surface area (TPSA) is 93.7 Å². The molecular formula is C22H21F3N4O4S. The molecule has 0 radical (unpaired) electrons. The van der Waals surface area contributed by atoms with Crippen molar-refractivity contribution >= 4 is 27.3 Å². The van der Waals surface area contributed by atoms with Gasteiger partial charge in [-0.05, 0) is 36.4 Å². The van der Waals surface area contributed by atoms with Crippen molar-refractivity contribution in [3.63, 3.8) is 0 Å². The molecule has 1 saturated heterocycles. The summed E-state index contributed by atoms with van der Waals surface area (Å²) in [7, 11) is -3.42. The molecule has 12 heteroatoms. The van der Waals surface area contributed by atoms with Crippen molar-refractivity contribution in [3.05, 3.63) is 54.6 Å². The van der Waals surface area contributed by atoms with E-state index in [1.54, 1.807) is 18.2 Å². The summed E-state index contributed by atoms with van der Waals surface area (Å²) in [4.78, 5) is 11.2. The smallest absolute Gasteiger partial charge is 0.406 e.